The Morgan fingerprint density at radius 2 is 1.71 bits per heavy atom. The van der Waals surface area contributed by atoms with Crippen LogP contribution in [0.15, 0.2) is 0 Å². The van der Waals surface area contributed by atoms with E-state index < -0.39 is 66.9 Å². The molecule has 1 aliphatic rings. The number of hydrogen-bond acceptors (Lipinski definition) is 8. The quantitative estimate of drug-likeness (QED) is 0.177. The van der Waals surface area contributed by atoms with Crippen LogP contribution in [0.4, 0.5) is 0 Å². The summed E-state index contributed by atoms with van der Waals surface area (Å²) < 4.78 is 0. The van der Waals surface area contributed by atoms with Gasteiger partial charge >= 0.3 is 11.9 Å². The number of thiol groups is 1. The fraction of sp³-hybridized carbons (Fsp3) is 0.667. The molecule has 4 unspecified atom stereocenters. The first-order chi connectivity index (χ1) is 13.1. The number of hydrogen-bond donors (Lipinski definition) is 7. The summed E-state index contributed by atoms with van der Waals surface area (Å²) in [7, 11) is 0. The molecule has 0 spiro atoms. The molecule has 158 valence electrons. The van der Waals surface area contributed by atoms with Crippen molar-refractivity contribution in [3.8, 4) is 0 Å². The zero-order valence-corrected chi connectivity index (χ0v) is 15.8. The number of carbonyl (C=O) groups excluding carboxylic acids is 3. The van der Waals surface area contributed by atoms with Gasteiger partial charge in [-0.05, 0) is 12.8 Å². The smallest absolute Gasteiger partial charge is 0.326 e. The molecule has 0 aromatic carbocycles. The SMILES string of the molecule is NC(CO)C(=O)NC(CC(=O)O)C(=O)NC(CS)C(=O)N1CCCC1C(=O)O. The minimum atomic E-state index is -1.55. The van der Waals surface area contributed by atoms with E-state index in [0.717, 1.165) is 4.90 Å². The van der Waals surface area contributed by atoms with Crippen LogP contribution in [0.5, 0.6) is 0 Å². The summed E-state index contributed by atoms with van der Waals surface area (Å²) in [6.07, 6.45) is -0.0115. The maximum absolute atomic E-state index is 12.6. The highest BCUT2D eigenvalue weighted by molar-refractivity contribution is 7.80. The lowest BCUT2D eigenvalue weighted by Gasteiger charge is -2.27. The van der Waals surface area contributed by atoms with E-state index in [4.69, 9.17) is 15.9 Å². The lowest BCUT2D eigenvalue weighted by atomic mass is 10.1. The third kappa shape index (κ3) is 6.35. The fourth-order valence-corrected chi connectivity index (χ4v) is 2.94. The second-order valence-electron chi connectivity index (χ2n) is 6.22. The van der Waals surface area contributed by atoms with Crippen molar-refractivity contribution in [2.75, 3.05) is 18.9 Å². The molecular weight excluding hydrogens is 396 g/mol. The largest absolute Gasteiger partial charge is 0.481 e. The normalized spacial score (nSPS) is 19.4. The maximum Gasteiger partial charge on any atom is 0.326 e. The first-order valence-electron chi connectivity index (χ1n) is 8.45. The highest BCUT2D eigenvalue weighted by Crippen LogP contribution is 2.18. The Morgan fingerprint density at radius 1 is 1.11 bits per heavy atom. The Kier molecular flexibility index (Phi) is 9.15. The minimum absolute atomic E-state index is 0.169. The van der Waals surface area contributed by atoms with Crippen LogP contribution in [-0.4, -0.2) is 93.0 Å². The van der Waals surface area contributed by atoms with Crippen LogP contribution in [-0.2, 0) is 24.0 Å². The molecule has 12 nitrogen and oxygen atoms in total. The van der Waals surface area contributed by atoms with Gasteiger partial charge in [0.1, 0.15) is 24.2 Å². The third-order valence-electron chi connectivity index (χ3n) is 4.16. The molecule has 0 aliphatic carbocycles. The van der Waals surface area contributed by atoms with E-state index in [1.165, 1.54) is 0 Å². The highest BCUT2D eigenvalue weighted by Gasteiger charge is 2.38. The van der Waals surface area contributed by atoms with E-state index >= 15 is 0 Å². The van der Waals surface area contributed by atoms with E-state index in [-0.39, 0.29) is 18.7 Å². The Morgan fingerprint density at radius 3 is 2.21 bits per heavy atom. The number of aliphatic hydroxyl groups excluding tert-OH is 1. The van der Waals surface area contributed by atoms with Crippen LogP contribution in [0.1, 0.15) is 19.3 Å². The number of amides is 3. The number of aliphatic hydroxyl groups is 1. The first kappa shape index (κ1) is 23.7. The number of aliphatic carboxylic acids is 2. The Balaban J connectivity index is 2.87. The van der Waals surface area contributed by atoms with Crippen molar-refractivity contribution < 1.29 is 39.3 Å². The highest BCUT2D eigenvalue weighted by atomic mass is 32.1. The van der Waals surface area contributed by atoms with E-state index in [9.17, 15) is 29.1 Å². The molecule has 0 aromatic rings. The second-order valence-corrected chi connectivity index (χ2v) is 6.58. The van der Waals surface area contributed by atoms with Gasteiger partial charge in [-0.3, -0.25) is 19.2 Å². The summed E-state index contributed by atoms with van der Waals surface area (Å²) in [6, 6.07) is -5.13. The van der Waals surface area contributed by atoms with E-state index in [0.29, 0.717) is 6.42 Å². The number of carbonyl (C=O) groups is 5. The monoisotopic (exact) mass is 420 g/mol. The first-order valence-corrected chi connectivity index (χ1v) is 9.08. The van der Waals surface area contributed by atoms with Crippen molar-refractivity contribution in [2.24, 2.45) is 5.73 Å². The van der Waals surface area contributed by atoms with Crippen LogP contribution in [0.2, 0.25) is 0 Å². The van der Waals surface area contributed by atoms with Crippen molar-refractivity contribution in [1.29, 1.82) is 0 Å². The molecule has 0 radical (unpaired) electrons. The molecule has 3 amide bonds. The minimum Gasteiger partial charge on any atom is -0.481 e. The van der Waals surface area contributed by atoms with Gasteiger partial charge in [0, 0.05) is 12.3 Å². The van der Waals surface area contributed by atoms with Gasteiger partial charge in [0.25, 0.3) is 0 Å². The molecule has 1 fully saturated rings. The fourth-order valence-electron chi connectivity index (χ4n) is 2.69. The lowest BCUT2D eigenvalue weighted by Crippen LogP contribution is -2.58. The van der Waals surface area contributed by atoms with Crippen molar-refractivity contribution in [3.63, 3.8) is 0 Å². The van der Waals surface area contributed by atoms with Crippen molar-refractivity contribution in [3.05, 3.63) is 0 Å². The zero-order valence-electron chi connectivity index (χ0n) is 14.9. The molecule has 0 bridgehead atoms. The molecule has 0 aromatic heterocycles. The Labute approximate surface area is 165 Å². The zero-order chi connectivity index (χ0) is 21.4. The number of carboxylic acid groups (broad SMARTS) is 2. The average Bonchev–Trinajstić information content (AvgIpc) is 3.13. The molecule has 13 heteroatoms. The van der Waals surface area contributed by atoms with Gasteiger partial charge < -0.3 is 36.6 Å². The van der Waals surface area contributed by atoms with Crippen LogP contribution in [0, 0.1) is 0 Å². The molecule has 0 saturated carbocycles. The standard InChI is InChI=1S/C15H24N4O8S/c16-7(5-20)12(23)17-8(4-11(21)22)13(24)18-9(6-28)14(25)19-3-1-2-10(19)15(26)27/h7-10,20,28H,1-6,16H2,(H,17,23)(H,18,24)(H,21,22)(H,26,27). The molecule has 1 aliphatic heterocycles. The average molecular weight is 420 g/mol. The predicted molar refractivity (Wildman–Crippen MR) is 97.4 cm³/mol. The molecule has 1 saturated heterocycles. The molecule has 1 heterocycles. The van der Waals surface area contributed by atoms with Gasteiger partial charge in [0.2, 0.25) is 17.7 Å². The summed E-state index contributed by atoms with van der Waals surface area (Å²) >= 11 is 3.99. The van der Waals surface area contributed by atoms with E-state index in [1.54, 1.807) is 0 Å². The Bertz CT molecular complexity index is 631. The lowest BCUT2D eigenvalue weighted by molar-refractivity contribution is -0.149. The number of rotatable bonds is 10. The summed E-state index contributed by atoms with van der Waals surface area (Å²) in [5.74, 6) is -5.30. The summed E-state index contributed by atoms with van der Waals surface area (Å²) in [5, 5.41) is 31.4. The summed E-state index contributed by atoms with van der Waals surface area (Å²) in [5.41, 5.74) is 5.33. The van der Waals surface area contributed by atoms with Crippen LogP contribution >= 0.6 is 12.6 Å². The van der Waals surface area contributed by atoms with Crippen LogP contribution in [0.25, 0.3) is 0 Å². The molecule has 4 atom stereocenters. The number of carboxylic acids is 2. The molecular formula is C15H24N4O8S. The Hall–Kier alpha value is -2.38. The number of nitrogens with zero attached hydrogens (tertiary/aromatic N) is 1. The van der Waals surface area contributed by atoms with Gasteiger partial charge in [-0.25, -0.2) is 4.79 Å². The predicted octanol–water partition coefficient (Wildman–Crippen LogP) is -3.24. The van der Waals surface area contributed by atoms with Gasteiger partial charge in [-0.2, -0.15) is 12.6 Å². The number of nitrogens with two attached hydrogens (primary N) is 1. The van der Waals surface area contributed by atoms with Crippen molar-refractivity contribution in [2.45, 2.75) is 43.4 Å². The summed E-state index contributed by atoms with van der Waals surface area (Å²) in [4.78, 5) is 60.1. The molecule has 1 rings (SSSR count). The third-order valence-corrected chi connectivity index (χ3v) is 4.53. The molecule has 28 heavy (non-hydrogen) atoms. The van der Waals surface area contributed by atoms with Gasteiger partial charge in [0.05, 0.1) is 13.0 Å². The van der Waals surface area contributed by atoms with Crippen molar-refractivity contribution >= 4 is 42.3 Å². The van der Waals surface area contributed by atoms with Crippen molar-refractivity contribution in [1.82, 2.24) is 15.5 Å². The summed E-state index contributed by atoms with van der Waals surface area (Å²) in [6.45, 7) is -0.507. The topological polar surface area (TPSA) is 199 Å². The van der Waals surface area contributed by atoms with Crippen LogP contribution < -0.4 is 16.4 Å². The maximum atomic E-state index is 12.6. The van der Waals surface area contributed by atoms with Gasteiger partial charge in [-0.1, -0.05) is 0 Å². The molecule has 7 N–H and O–H groups in total. The number of likely N-dealkylation sites (tertiary alicyclic amines) is 1. The van der Waals surface area contributed by atoms with Gasteiger partial charge in [0.15, 0.2) is 0 Å². The van der Waals surface area contributed by atoms with E-state index in [2.05, 4.69) is 23.3 Å². The van der Waals surface area contributed by atoms with Gasteiger partial charge in [-0.15, -0.1) is 0 Å². The number of nitrogens with one attached hydrogen (secondary N) is 2. The van der Waals surface area contributed by atoms with Crippen LogP contribution in [0.3, 0.4) is 0 Å². The second kappa shape index (κ2) is 10.8. The van der Waals surface area contributed by atoms with E-state index in [1.807, 2.05) is 0 Å².